The summed E-state index contributed by atoms with van der Waals surface area (Å²) >= 11 is 0. The zero-order valence-electron chi connectivity index (χ0n) is 15.7. The second kappa shape index (κ2) is 11.9. The number of carbonyl (C=O) groups excluding carboxylic acids is 3. The van der Waals surface area contributed by atoms with Crippen LogP contribution in [0.1, 0.15) is 47.0 Å². The minimum Gasteiger partial charge on any atom is -0.393 e. The van der Waals surface area contributed by atoms with Gasteiger partial charge in [-0.3, -0.25) is 14.4 Å². The van der Waals surface area contributed by atoms with Crippen LogP contribution in [0.2, 0.25) is 0 Å². The number of rotatable bonds is 8. The number of aliphatic hydroxyl groups is 1. The molecule has 0 radical (unpaired) electrons. The van der Waals surface area contributed by atoms with Gasteiger partial charge in [0.2, 0.25) is 11.8 Å². The van der Waals surface area contributed by atoms with Gasteiger partial charge in [-0.1, -0.05) is 13.8 Å². The lowest BCUT2D eigenvalue weighted by Gasteiger charge is -2.18. The first kappa shape index (κ1) is 23.5. The number of amides is 2. The van der Waals surface area contributed by atoms with Gasteiger partial charge < -0.3 is 27.2 Å². The highest BCUT2D eigenvalue weighted by molar-refractivity contribution is 5.90. The summed E-state index contributed by atoms with van der Waals surface area (Å²) in [5.74, 6) is -0.301. The molecule has 8 heteroatoms. The van der Waals surface area contributed by atoms with E-state index in [1.54, 1.807) is 13.8 Å². The average Bonchev–Trinajstić information content (AvgIpc) is 2.88. The number of primary amides is 1. The van der Waals surface area contributed by atoms with E-state index < -0.39 is 12.1 Å². The lowest BCUT2D eigenvalue weighted by Crippen LogP contribution is -2.47. The fraction of sp³-hybridized carbons (Fsp3) is 0.824. The Morgan fingerprint density at radius 1 is 1.28 bits per heavy atom. The highest BCUT2D eigenvalue weighted by atomic mass is 16.3. The van der Waals surface area contributed by atoms with Crippen LogP contribution in [0.4, 0.5) is 0 Å². The smallest absolute Gasteiger partial charge is 0.223 e. The van der Waals surface area contributed by atoms with Crippen molar-refractivity contribution in [1.82, 2.24) is 10.6 Å². The number of nitrogens with two attached hydrogens (primary N) is 2. The first-order valence-electron chi connectivity index (χ1n) is 8.79. The Morgan fingerprint density at radius 2 is 1.88 bits per heavy atom. The maximum atomic E-state index is 11.5. The Hall–Kier alpha value is -1.51. The molecule has 1 rings (SSSR count). The van der Waals surface area contributed by atoms with Crippen molar-refractivity contribution >= 4 is 17.6 Å². The Kier molecular flexibility index (Phi) is 11.2. The van der Waals surface area contributed by atoms with E-state index in [4.69, 9.17) is 16.6 Å². The van der Waals surface area contributed by atoms with Crippen molar-refractivity contribution in [1.29, 1.82) is 0 Å². The van der Waals surface area contributed by atoms with E-state index in [1.807, 2.05) is 0 Å². The molecular weight excluding hydrogens is 324 g/mol. The fourth-order valence-electron chi connectivity index (χ4n) is 2.64. The van der Waals surface area contributed by atoms with Crippen molar-refractivity contribution in [2.24, 2.45) is 23.3 Å². The van der Waals surface area contributed by atoms with Gasteiger partial charge in [-0.15, -0.1) is 0 Å². The molecule has 1 heterocycles. The molecular formula is C17H34N4O4. The van der Waals surface area contributed by atoms with E-state index in [2.05, 4.69) is 17.6 Å². The van der Waals surface area contributed by atoms with E-state index in [9.17, 15) is 14.4 Å². The van der Waals surface area contributed by atoms with Gasteiger partial charge in [0.25, 0.3) is 0 Å². The third-order valence-corrected chi connectivity index (χ3v) is 3.90. The van der Waals surface area contributed by atoms with Gasteiger partial charge in [0.05, 0.1) is 18.6 Å². The fourth-order valence-corrected chi connectivity index (χ4v) is 2.64. The monoisotopic (exact) mass is 358 g/mol. The van der Waals surface area contributed by atoms with Crippen LogP contribution in [0.15, 0.2) is 0 Å². The standard InChI is InChI=1S/C10H20N2O3.C7H14N2O/c1-6(2)10(15)8(5-11)12-9(14)4-7(3)13;1-5-2-6(4-9-5)3-7(8)10/h6-8,13H,4-5,11H2,1-3H3,(H,12,14);5-6,9H,2-4H2,1H3,(H2,8,10). The molecule has 2 amide bonds. The molecule has 25 heavy (non-hydrogen) atoms. The number of ketones is 1. The normalized spacial score (nSPS) is 21.9. The summed E-state index contributed by atoms with van der Waals surface area (Å²) in [6, 6.07) is -0.0828. The summed E-state index contributed by atoms with van der Waals surface area (Å²) in [5.41, 5.74) is 10.4. The molecule has 0 saturated carbocycles. The van der Waals surface area contributed by atoms with Crippen LogP contribution >= 0.6 is 0 Å². The zero-order valence-corrected chi connectivity index (χ0v) is 15.7. The van der Waals surface area contributed by atoms with E-state index in [-0.39, 0.29) is 36.5 Å². The lowest BCUT2D eigenvalue weighted by molar-refractivity contribution is -0.130. The summed E-state index contributed by atoms with van der Waals surface area (Å²) in [4.78, 5) is 33.3. The molecule has 1 saturated heterocycles. The third kappa shape index (κ3) is 10.9. The van der Waals surface area contributed by atoms with Crippen LogP contribution in [0.3, 0.4) is 0 Å². The largest absolute Gasteiger partial charge is 0.393 e. The predicted octanol–water partition coefficient (Wildman–Crippen LogP) is -0.714. The van der Waals surface area contributed by atoms with Gasteiger partial charge in [0.15, 0.2) is 5.78 Å². The molecule has 0 aromatic rings. The minimum atomic E-state index is -0.711. The van der Waals surface area contributed by atoms with Crippen LogP contribution in [0.5, 0.6) is 0 Å². The second-order valence-corrected chi connectivity index (χ2v) is 7.05. The Labute approximate surface area is 150 Å². The molecule has 146 valence electrons. The maximum Gasteiger partial charge on any atom is 0.223 e. The topological polar surface area (TPSA) is 148 Å². The summed E-state index contributed by atoms with van der Waals surface area (Å²) in [6.45, 7) is 8.19. The second-order valence-electron chi connectivity index (χ2n) is 7.05. The van der Waals surface area contributed by atoms with Crippen molar-refractivity contribution in [3.63, 3.8) is 0 Å². The average molecular weight is 358 g/mol. The summed E-state index contributed by atoms with van der Waals surface area (Å²) < 4.78 is 0. The van der Waals surface area contributed by atoms with Crippen molar-refractivity contribution in [3.05, 3.63) is 0 Å². The molecule has 1 aliphatic heterocycles. The van der Waals surface area contributed by atoms with E-state index in [1.165, 1.54) is 6.92 Å². The number of hydrogen-bond donors (Lipinski definition) is 5. The van der Waals surface area contributed by atoms with Crippen LogP contribution in [0.25, 0.3) is 0 Å². The summed E-state index contributed by atoms with van der Waals surface area (Å²) in [7, 11) is 0. The third-order valence-electron chi connectivity index (χ3n) is 3.90. The van der Waals surface area contributed by atoms with Crippen LogP contribution in [0, 0.1) is 11.8 Å². The quantitative estimate of drug-likeness (QED) is 0.387. The molecule has 0 aromatic heterocycles. The molecule has 1 fully saturated rings. The molecule has 1 aliphatic rings. The molecule has 0 bridgehead atoms. The molecule has 4 unspecified atom stereocenters. The maximum absolute atomic E-state index is 11.5. The predicted molar refractivity (Wildman–Crippen MR) is 96.5 cm³/mol. The van der Waals surface area contributed by atoms with Crippen LogP contribution in [-0.2, 0) is 14.4 Å². The van der Waals surface area contributed by atoms with Gasteiger partial charge in [-0.2, -0.15) is 0 Å². The van der Waals surface area contributed by atoms with E-state index in [0.29, 0.717) is 18.4 Å². The van der Waals surface area contributed by atoms with Crippen molar-refractivity contribution < 1.29 is 19.5 Å². The van der Waals surface area contributed by atoms with Crippen LogP contribution < -0.4 is 22.1 Å². The molecule has 0 aromatic carbocycles. The van der Waals surface area contributed by atoms with Gasteiger partial charge in [0, 0.05) is 24.9 Å². The van der Waals surface area contributed by atoms with Gasteiger partial charge >= 0.3 is 0 Å². The van der Waals surface area contributed by atoms with Crippen molar-refractivity contribution in [2.45, 2.75) is 65.1 Å². The Bertz CT molecular complexity index is 440. The van der Waals surface area contributed by atoms with Gasteiger partial charge in [0.1, 0.15) is 0 Å². The summed E-state index contributed by atoms with van der Waals surface area (Å²) in [6.07, 6.45) is 0.903. The van der Waals surface area contributed by atoms with Crippen molar-refractivity contribution in [3.8, 4) is 0 Å². The highest BCUT2D eigenvalue weighted by Gasteiger charge is 2.22. The number of Topliss-reactive ketones (excluding diaryl/α,β-unsaturated/α-hetero) is 1. The van der Waals surface area contributed by atoms with Gasteiger partial charge in [-0.25, -0.2) is 0 Å². The van der Waals surface area contributed by atoms with E-state index in [0.717, 1.165) is 13.0 Å². The number of aliphatic hydroxyl groups excluding tert-OH is 1. The van der Waals surface area contributed by atoms with Crippen molar-refractivity contribution in [2.75, 3.05) is 13.1 Å². The first-order valence-corrected chi connectivity index (χ1v) is 8.79. The highest BCUT2D eigenvalue weighted by Crippen LogP contribution is 2.16. The molecule has 7 N–H and O–H groups in total. The SMILES string of the molecule is CC(O)CC(=O)NC(CN)C(=O)C(C)C.CC1CC(CC(N)=O)CN1. The summed E-state index contributed by atoms with van der Waals surface area (Å²) in [5, 5.41) is 14.8. The zero-order chi connectivity index (χ0) is 19.6. The number of carbonyl (C=O) groups is 3. The van der Waals surface area contributed by atoms with E-state index >= 15 is 0 Å². The Balaban J connectivity index is 0.000000496. The lowest BCUT2D eigenvalue weighted by atomic mass is 10.0. The van der Waals surface area contributed by atoms with Gasteiger partial charge in [-0.05, 0) is 32.7 Å². The minimum absolute atomic E-state index is 0.0120. The van der Waals surface area contributed by atoms with Crippen LogP contribution in [-0.4, -0.2) is 54.0 Å². The molecule has 4 atom stereocenters. The number of hydrogen-bond acceptors (Lipinski definition) is 6. The first-order chi connectivity index (χ1) is 11.6. The number of nitrogens with one attached hydrogen (secondary N) is 2. The molecule has 0 spiro atoms. The molecule has 8 nitrogen and oxygen atoms in total. The molecule has 0 aliphatic carbocycles. The Morgan fingerprint density at radius 3 is 2.24 bits per heavy atom.